The molecule has 8 heteroatoms. The Morgan fingerprint density at radius 3 is 2.46 bits per heavy atom. The summed E-state index contributed by atoms with van der Waals surface area (Å²) in [5.74, 6) is -0.710. The number of nitrogens with zero attached hydrogens (tertiary/aromatic N) is 1. The van der Waals surface area contributed by atoms with Crippen molar-refractivity contribution in [2.75, 3.05) is 16.0 Å². The molecule has 0 bridgehead atoms. The van der Waals surface area contributed by atoms with Crippen LogP contribution in [0.25, 0.3) is 0 Å². The molecule has 1 N–H and O–H groups in total. The zero-order valence-electron chi connectivity index (χ0n) is 13.4. The Labute approximate surface area is 168 Å². The molecule has 5 nitrogen and oxygen atoms in total. The summed E-state index contributed by atoms with van der Waals surface area (Å²) in [5, 5.41) is 2.73. The van der Waals surface area contributed by atoms with Crippen LogP contribution in [-0.2, 0) is 14.4 Å². The molecule has 3 amide bonds. The van der Waals surface area contributed by atoms with Gasteiger partial charge in [0.1, 0.15) is 0 Å². The summed E-state index contributed by atoms with van der Waals surface area (Å²) in [6.45, 7) is 0. The number of carbonyl (C=O) groups is 3. The van der Waals surface area contributed by atoms with Crippen molar-refractivity contribution >= 4 is 68.4 Å². The molecule has 0 radical (unpaired) electrons. The number of anilines is 2. The zero-order chi connectivity index (χ0) is 18.7. The summed E-state index contributed by atoms with van der Waals surface area (Å²) in [6.07, 6.45) is 0.0810. The highest BCUT2D eigenvalue weighted by molar-refractivity contribution is 9.10. The van der Waals surface area contributed by atoms with Crippen LogP contribution in [-0.4, -0.2) is 28.7 Å². The number of carbonyl (C=O) groups excluding carboxylic acids is 3. The van der Waals surface area contributed by atoms with Crippen LogP contribution in [0, 0.1) is 0 Å². The van der Waals surface area contributed by atoms with Crippen LogP contribution >= 0.6 is 39.3 Å². The predicted octanol–water partition coefficient (Wildman–Crippen LogP) is 4.11. The van der Waals surface area contributed by atoms with E-state index < -0.39 is 5.25 Å². The molecule has 1 atom stereocenters. The molecule has 134 valence electrons. The molecule has 3 rings (SSSR count). The first-order valence-corrected chi connectivity index (χ1v) is 9.95. The summed E-state index contributed by atoms with van der Waals surface area (Å²) in [7, 11) is 0. The van der Waals surface area contributed by atoms with Gasteiger partial charge >= 0.3 is 0 Å². The number of rotatable bonds is 5. The van der Waals surface area contributed by atoms with E-state index in [9.17, 15) is 14.4 Å². The lowest BCUT2D eigenvalue weighted by Gasteiger charge is -2.15. The molecule has 1 heterocycles. The molecule has 26 heavy (non-hydrogen) atoms. The van der Waals surface area contributed by atoms with Gasteiger partial charge in [0.05, 0.1) is 16.7 Å². The van der Waals surface area contributed by atoms with Crippen molar-refractivity contribution in [3.63, 3.8) is 0 Å². The number of halogens is 2. The lowest BCUT2D eigenvalue weighted by molar-refractivity contribution is -0.121. The lowest BCUT2D eigenvalue weighted by atomic mass is 10.3. The Hall–Kier alpha value is -1.83. The second kappa shape index (κ2) is 8.24. The third kappa shape index (κ3) is 4.47. The van der Waals surface area contributed by atoms with Gasteiger partial charge in [-0.15, -0.1) is 11.8 Å². The highest BCUT2D eigenvalue weighted by Gasteiger charge is 2.40. The molecule has 0 saturated carbocycles. The monoisotopic (exact) mass is 452 g/mol. The van der Waals surface area contributed by atoms with E-state index in [1.807, 2.05) is 12.1 Å². The Balaban J connectivity index is 1.57. The smallest absolute Gasteiger partial charge is 0.247 e. The Kier molecular flexibility index (Phi) is 6.01. The normalized spacial score (nSPS) is 16.8. The number of amides is 3. The molecule has 1 aliphatic rings. The fourth-order valence-corrected chi connectivity index (χ4v) is 3.83. The molecule has 0 unspecified atom stereocenters. The molecule has 1 aliphatic heterocycles. The second-order valence-corrected chi connectivity index (χ2v) is 8.15. The number of imide groups is 1. The second-order valence-electron chi connectivity index (χ2n) is 5.60. The van der Waals surface area contributed by atoms with E-state index >= 15 is 0 Å². The average molecular weight is 454 g/mol. The number of hydrogen-bond acceptors (Lipinski definition) is 4. The van der Waals surface area contributed by atoms with Crippen LogP contribution in [0.3, 0.4) is 0 Å². The van der Waals surface area contributed by atoms with Crippen LogP contribution in [0.15, 0.2) is 53.0 Å². The van der Waals surface area contributed by atoms with E-state index in [4.69, 9.17) is 11.6 Å². The van der Waals surface area contributed by atoms with Crippen LogP contribution < -0.4 is 10.2 Å². The fourth-order valence-electron chi connectivity index (χ4n) is 2.50. The topological polar surface area (TPSA) is 66.5 Å². The number of benzene rings is 2. The average Bonchev–Trinajstić information content (AvgIpc) is 2.90. The molecule has 0 spiro atoms. The SMILES string of the molecule is O=C(CS[C@@H]1CC(=O)N(c2ccc(Cl)cc2)C1=O)Nc1ccc(Br)cc1. The molecular formula is C18H14BrClN2O3S. The molecule has 0 aliphatic carbocycles. The molecule has 1 saturated heterocycles. The quantitative estimate of drug-likeness (QED) is 0.692. The van der Waals surface area contributed by atoms with Gasteiger partial charge in [-0.25, -0.2) is 4.90 Å². The molecule has 0 aromatic heterocycles. The highest BCUT2D eigenvalue weighted by atomic mass is 79.9. The van der Waals surface area contributed by atoms with Gasteiger partial charge in [-0.2, -0.15) is 0 Å². The van der Waals surface area contributed by atoms with Gasteiger partial charge in [-0.3, -0.25) is 14.4 Å². The summed E-state index contributed by atoms with van der Waals surface area (Å²) in [6, 6.07) is 13.7. The maximum Gasteiger partial charge on any atom is 0.247 e. The van der Waals surface area contributed by atoms with E-state index in [0.29, 0.717) is 16.4 Å². The van der Waals surface area contributed by atoms with E-state index in [-0.39, 0.29) is 29.9 Å². The van der Waals surface area contributed by atoms with Gasteiger partial charge in [0, 0.05) is 21.6 Å². The van der Waals surface area contributed by atoms with E-state index in [2.05, 4.69) is 21.2 Å². The summed E-state index contributed by atoms with van der Waals surface area (Å²) in [4.78, 5) is 37.9. The van der Waals surface area contributed by atoms with E-state index in [0.717, 1.165) is 9.37 Å². The van der Waals surface area contributed by atoms with Gasteiger partial charge in [0.2, 0.25) is 17.7 Å². The summed E-state index contributed by atoms with van der Waals surface area (Å²) >= 11 is 10.3. The maximum atomic E-state index is 12.5. The number of thioether (sulfide) groups is 1. The van der Waals surface area contributed by atoms with Gasteiger partial charge in [-0.1, -0.05) is 27.5 Å². The molecular weight excluding hydrogens is 440 g/mol. The van der Waals surface area contributed by atoms with E-state index in [1.54, 1.807) is 36.4 Å². The predicted molar refractivity (Wildman–Crippen MR) is 108 cm³/mol. The largest absolute Gasteiger partial charge is 0.325 e. The minimum Gasteiger partial charge on any atom is -0.325 e. The first-order chi connectivity index (χ1) is 12.4. The standard InChI is InChI=1S/C18H14BrClN2O3S/c19-11-1-5-13(6-2-11)21-16(23)10-26-15-9-17(24)22(18(15)25)14-7-3-12(20)4-8-14/h1-8,15H,9-10H2,(H,21,23)/t15-/m1/s1. The first-order valence-electron chi connectivity index (χ1n) is 7.73. The lowest BCUT2D eigenvalue weighted by Crippen LogP contribution is -2.31. The van der Waals surface area contributed by atoms with Crippen LogP contribution in [0.5, 0.6) is 0 Å². The minimum atomic E-state index is -0.561. The Morgan fingerprint density at radius 2 is 1.81 bits per heavy atom. The third-order valence-corrected chi connectivity index (χ3v) is 5.71. The third-order valence-electron chi connectivity index (χ3n) is 3.73. The number of hydrogen-bond donors (Lipinski definition) is 1. The zero-order valence-corrected chi connectivity index (χ0v) is 16.6. The highest BCUT2D eigenvalue weighted by Crippen LogP contribution is 2.30. The van der Waals surface area contributed by atoms with Crippen molar-refractivity contribution in [2.45, 2.75) is 11.7 Å². The number of nitrogens with one attached hydrogen (secondary N) is 1. The van der Waals surface area contributed by atoms with Crippen molar-refractivity contribution in [1.82, 2.24) is 0 Å². The Morgan fingerprint density at radius 1 is 1.15 bits per heavy atom. The minimum absolute atomic E-state index is 0.0810. The van der Waals surface area contributed by atoms with Gasteiger partial charge < -0.3 is 5.32 Å². The molecule has 2 aromatic rings. The fraction of sp³-hybridized carbons (Fsp3) is 0.167. The maximum absolute atomic E-state index is 12.5. The van der Waals surface area contributed by atoms with Crippen molar-refractivity contribution in [3.8, 4) is 0 Å². The van der Waals surface area contributed by atoms with Crippen LogP contribution in [0.2, 0.25) is 5.02 Å². The van der Waals surface area contributed by atoms with Crippen molar-refractivity contribution < 1.29 is 14.4 Å². The van der Waals surface area contributed by atoms with Crippen LogP contribution in [0.1, 0.15) is 6.42 Å². The van der Waals surface area contributed by atoms with E-state index in [1.165, 1.54) is 11.8 Å². The summed E-state index contributed by atoms with van der Waals surface area (Å²) in [5.41, 5.74) is 1.17. The molecule has 1 fully saturated rings. The van der Waals surface area contributed by atoms with Crippen LogP contribution in [0.4, 0.5) is 11.4 Å². The Bertz CT molecular complexity index is 843. The van der Waals surface area contributed by atoms with Crippen molar-refractivity contribution in [3.05, 3.63) is 58.0 Å². The van der Waals surface area contributed by atoms with Gasteiger partial charge in [0.25, 0.3) is 0 Å². The van der Waals surface area contributed by atoms with Crippen molar-refractivity contribution in [1.29, 1.82) is 0 Å². The van der Waals surface area contributed by atoms with Gasteiger partial charge in [0.15, 0.2) is 0 Å². The molecule has 2 aromatic carbocycles. The first kappa shape index (κ1) is 18.9. The van der Waals surface area contributed by atoms with Crippen molar-refractivity contribution in [2.24, 2.45) is 0 Å². The van der Waals surface area contributed by atoms with Gasteiger partial charge in [-0.05, 0) is 48.5 Å². The summed E-state index contributed by atoms with van der Waals surface area (Å²) < 4.78 is 0.919.